The number of fused-ring (bicyclic) bond motifs is 1. The van der Waals surface area contributed by atoms with Gasteiger partial charge in [-0.2, -0.15) is 0 Å². The largest absolute Gasteiger partial charge is 0.507 e. The molecular formula is C50H36N3OPt-. The topological polar surface area (TPSA) is 50.9 Å². The molecule has 0 amide bonds. The van der Waals surface area contributed by atoms with Crippen LogP contribution in [0.4, 0.5) is 0 Å². The maximum Gasteiger partial charge on any atom is 0.148 e. The number of imidazole rings is 1. The second-order valence-electron chi connectivity index (χ2n) is 13.1. The first-order valence-electron chi connectivity index (χ1n) is 20.6. The zero-order valence-electron chi connectivity index (χ0n) is 35.3. The summed E-state index contributed by atoms with van der Waals surface area (Å²) in [6.07, 6.45) is 1.74. The molecule has 5 heteroatoms. The predicted octanol–water partition coefficient (Wildman–Crippen LogP) is 12.5. The van der Waals surface area contributed by atoms with Gasteiger partial charge in [0.2, 0.25) is 0 Å². The molecule has 7 aromatic carbocycles. The normalized spacial score (nSPS) is 13.1. The molecule has 0 radical (unpaired) electrons. The van der Waals surface area contributed by atoms with Crippen LogP contribution in [0.15, 0.2) is 176 Å². The van der Waals surface area contributed by atoms with Crippen LogP contribution >= 0.6 is 0 Å². The quantitative estimate of drug-likeness (QED) is 0.162. The van der Waals surface area contributed by atoms with E-state index in [9.17, 15) is 5.11 Å². The number of para-hydroxylation sites is 2. The molecule has 4 nitrogen and oxygen atoms in total. The van der Waals surface area contributed by atoms with Gasteiger partial charge in [-0.15, -0.1) is 23.8 Å². The summed E-state index contributed by atoms with van der Waals surface area (Å²) in [4.78, 5) is 10.1. The van der Waals surface area contributed by atoms with Gasteiger partial charge in [0.1, 0.15) is 11.6 Å². The van der Waals surface area contributed by atoms with Crippen LogP contribution in [0.5, 0.6) is 5.75 Å². The Hall–Kier alpha value is -6.35. The van der Waals surface area contributed by atoms with E-state index in [-0.39, 0.29) is 37.9 Å². The maximum atomic E-state index is 11.3. The van der Waals surface area contributed by atoms with Crippen molar-refractivity contribution in [1.29, 1.82) is 0 Å². The van der Waals surface area contributed by atoms with Gasteiger partial charge in [0.15, 0.2) is 0 Å². The maximum absolute atomic E-state index is 11.3. The van der Waals surface area contributed by atoms with Crippen LogP contribution in [-0.4, -0.2) is 19.6 Å². The van der Waals surface area contributed by atoms with Crippen molar-refractivity contribution in [2.75, 3.05) is 0 Å². The molecule has 0 aliphatic carbocycles. The number of nitrogens with zero attached hydrogens (tertiary/aromatic N) is 3. The Morgan fingerprint density at radius 2 is 1.22 bits per heavy atom. The number of rotatable bonds is 7. The minimum absolute atomic E-state index is 0. The van der Waals surface area contributed by atoms with Crippen molar-refractivity contribution in [1.82, 2.24) is 14.5 Å². The Morgan fingerprint density at radius 3 is 1.98 bits per heavy atom. The molecule has 2 heterocycles. The van der Waals surface area contributed by atoms with Crippen molar-refractivity contribution in [3.63, 3.8) is 0 Å². The number of benzene rings is 7. The predicted molar refractivity (Wildman–Crippen MR) is 221 cm³/mol. The van der Waals surface area contributed by atoms with Crippen LogP contribution in [-0.2, 0) is 21.1 Å². The first-order valence-corrected chi connectivity index (χ1v) is 17.6. The summed E-state index contributed by atoms with van der Waals surface area (Å²) in [5.74, 6) is 0.530. The van der Waals surface area contributed by atoms with Gasteiger partial charge in [-0.05, 0) is 72.4 Å². The molecule has 2 aromatic heterocycles. The second-order valence-corrected chi connectivity index (χ2v) is 13.1. The number of pyridine rings is 1. The molecule has 268 valence electrons. The Kier molecular flexibility index (Phi) is 8.02. The van der Waals surface area contributed by atoms with E-state index < -0.39 is 13.7 Å². The third kappa shape index (κ3) is 6.94. The molecule has 55 heavy (non-hydrogen) atoms. The third-order valence-electron chi connectivity index (χ3n) is 9.67. The summed E-state index contributed by atoms with van der Waals surface area (Å²) >= 11 is 0. The van der Waals surface area contributed by atoms with Gasteiger partial charge < -0.3 is 5.11 Å². The molecule has 0 bridgehead atoms. The van der Waals surface area contributed by atoms with Crippen LogP contribution in [0.25, 0.3) is 83.9 Å². The molecule has 0 aliphatic rings. The minimum atomic E-state index is -2.33. The molecule has 0 atom stereocenters. The van der Waals surface area contributed by atoms with E-state index in [0.29, 0.717) is 33.8 Å². The van der Waals surface area contributed by atoms with Crippen LogP contribution in [0, 0.1) is 19.8 Å². The molecule has 9 rings (SSSR count). The van der Waals surface area contributed by atoms with Gasteiger partial charge in [-0.1, -0.05) is 149 Å². The number of phenols is 1. The van der Waals surface area contributed by atoms with Crippen molar-refractivity contribution in [3.8, 4) is 78.6 Å². The molecule has 0 fully saturated rings. The summed E-state index contributed by atoms with van der Waals surface area (Å²) in [5.41, 5.74) is 11.3. The number of aromatic nitrogens is 3. The van der Waals surface area contributed by atoms with Gasteiger partial charge >= 0.3 is 0 Å². The SMILES string of the molecule is [2H]C([2H])([2H])c1ccc(-c2ccnc(-c3[c-]c(-c4cccc5c4nc(-c4ccccc4O)n5-c4ccc(C([2H])([2H])[2H])cc4-c4ccccc4)cc(-c4ccccc4)c3)c2)cc1.[Pt]. The Morgan fingerprint density at radius 1 is 0.545 bits per heavy atom. The number of aryl methyl sites for hydroxylation is 2. The Bertz CT molecular complexity index is 3020. The number of aromatic hydroxyl groups is 1. The zero-order chi connectivity index (χ0) is 41.6. The van der Waals surface area contributed by atoms with Gasteiger partial charge in [-0.25, -0.2) is 4.98 Å². The first-order chi connectivity index (χ1) is 28.9. The van der Waals surface area contributed by atoms with E-state index in [1.54, 1.807) is 42.6 Å². The number of hydrogen-bond donors (Lipinski definition) is 1. The number of hydrogen-bond acceptors (Lipinski definition) is 3. The first kappa shape index (κ1) is 29.1. The van der Waals surface area contributed by atoms with Crippen molar-refractivity contribution in [2.45, 2.75) is 13.7 Å². The van der Waals surface area contributed by atoms with Crippen molar-refractivity contribution >= 4 is 11.0 Å². The van der Waals surface area contributed by atoms with E-state index in [4.69, 9.17) is 18.2 Å². The van der Waals surface area contributed by atoms with Gasteiger partial charge in [-0.3, -0.25) is 9.55 Å². The molecule has 0 aliphatic heterocycles. The fraction of sp³-hybridized carbons (Fsp3) is 0.0400. The molecular weight excluding hydrogens is 854 g/mol. The van der Waals surface area contributed by atoms with Crippen LogP contribution in [0.3, 0.4) is 0 Å². The van der Waals surface area contributed by atoms with Crippen molar-refractivity contribution in [2.24, 2.45) is 0 Å². The van der Waals surface area contributed by atoms with E-state index in [0.717, 1.165) is 50.0 Å². The third-order valence-corrected chi connectivity index (χ3v) is 9.67. The molecule has 0 saturated heterocycles. The van der Waals surface area contributed by atoms with E-state index in [2.05, 4.69) is 30.3 Å². The molecule has 0 unspecified atom stereocenters. The van der Waals surface area contributed by atoms with Gasteiger partial charge in [0.05, 0.1) is 22.3 Å². The monoisotopic (exact) mass is 895 g/mol. The summed E-state index contributed by atoms with van der Waals surface area (Å²) in [7, 11) is 0. The summed E-state index contributed by atoms with van der Waals surface area (Å²) in [5, 5.41) is 11.3. The van der Waals surface area contributed by atoms with Crippen LogP contribution in [0.2, 0.25) is 0 Å². The van der Waals surface area contributed by atoms with E-state index in [1.165, 1.54) is 0 Å². The molecule has 0 spiro atoms. The summed E-state index contributed by atoms with van der Waals surface area (Å²) in [6.45, 7) is -4.52. The zero-order valence-corrected chi connectivity index (χ0v) is 31.6. The fourth-order valence-electron chi connectivity index (χ4n) is 7.05. The average molecular weight is 896 g/mol. The molecule has 9 aromatic rings. The molecule has 0 saturated carbocycles. The summed E-state index contributed by atoms with van der Waals surface area (Å²) < 4.78 is 50.1. The average Bonchev–Trinajstić information content (AvgIpc) is 3.66. The van der Waals surface area contributed by atoms with E-state index >= 15 is 0 Å². The van der Waals surface area contributed by atoms with E-state index in [1.807, 2.05) is 114 Å². The molecule has 1 N–H and O–H groups in total. The minimum Gasteiger partial charge on any atom is -0.507 e. The fourth-order valence-corrected chi connectivity index (χ4v) is 7.05. The smallest absolute Gasteiger partial charge is 0.148 e. The van der Waals surface area contributed by atoms with Gasteiger partial charge in [0.25, 0.3) is 0 Å². The van der Waals surface area contributed by atoms with Crippen molar-refractivity contribution in [3.05, 3.63) is 193 Å². The second kappa shape index (κ2) is 15.2. The Labute approximate surface area is 344 Å². The van der Waals surface area contributed by atoms with Crippen LogP contribution < -0.4 is 0 Å². The van der Waals surface area contributed by atoms with Gasteiger partial charge in [0, 0.05) is 46.7 Å². The van der Waals surface area contributed by atoms with Crippen molar-refractivity contribution < 1.29 is 34.4 Å². The standard InChI is InChI=1S/C50H36N3O.Pt/c1-33-20-23-36(24-21-33)38-26-27-51-45(32-38)41-30-39(35-12-5-3-6-13-35)29-40(31-41)42-17-11-18-47-49(42)52-50(43-16-9-10-19-48(43)54)53(47)46-25-22-34(2)28-44(46)37-14-7-4-8-15-37;/h3-30,32,54H,1-2H3;/q-1;/i1D3,2D3;. The summed E-state index contributed by atoms with van der Waals surface area (Å²) in [6, 6.07) is 56.5. The number of phenolic OH excluding ortho intramolecular Hbond substituents is 1. The Balaban J connectivity index is 0.00000514. The van der Waals surface area contributed by atoms with Crippen LogP contribution in [0.1, 0.15) is 19.4 Å².